The van der Waals surface area contributed by atoms with Gasteiger partial charge >= 0.3 is 0 Å². The van der Waals surface area contributed by atoms with Crippen molar-refractivity contribution in [1.82, 2.24) is 25.1 Å². The number of aryl methyl sites for hydroxylation is 2. The topological polar surface area (TPSA) is 92.7 Å². The normalized spacial score (nSPS) is 10.5. The van der Waals surface area contributed by atoms with Gasteiger partial charge in [0.25, 0.3) is 5.91 Å². The average molecular weight is 323 g/mol. The van der Waals surface area contributed by atoms with E-state index in [2.05, 4.69) is 32.6 Å². The number of amides is 1. The molecule has 0 atom stereocenters. The Morgan fingerprint density at radius 3 is 2.75 bits per heavy atom. The molecule has 3 aromatic rings. The number of aromatic nitrogens is 4. The minimum atomic E-state index is -0.356. The van der Waals surface area contributed by atoms with Gasteiger partial charge in [-0.05, 0) is 18.1 Å². The number of pyridine rings is 1. The van der Waals surface area contributed by atoms with Crippen LogP contribution in [0.3, 0.4) is 0 Å². The molecule has 2 heterocycles. The minimum Gasteiger partial charge on any atom is -0.343 e. The Labute approximate surface area is 138 Å². The van der Waals surface area contributed by atoms with E-state index in [-0.39, 0.29) is 23.7 Å². The van der Waals surface area contributed by atoms with Crippen LogP contribution in [-0.4, -0.2) is 25.7 Å². The second kappa shape index (κ2) is 7.36. The van der Waals surface area contributed by atoms with E-state index in [1.165, 1.54) is 17.7 Å². The van der Waals surface area contributed by atoms with Gasteiger partial charge in [0.15, 0.2) is 5.82 Å². The van der Waals surface area contributed by atoms with E-state index < -0.39 is 0 Å². The van der Waals surface area contributed by atoms with Crippen LogP contribution in [0.1, 0.15) is 21.9 Å². The van der Waals surface area contributed by atoms with Crippen molar-refractivity contribution < 1.29 is 4.79 Å². The smallest absolute Gasteiger partial charge is 0.268 e. The lowest BCUT2D eigenvalue weighted by Gasteiger charge is -2.08. The number of hydrogen-bond donors (Lipinski definition) is 2. The number of H-pyrrole nitrogens is 1. The van der Waals surface area contributed by atoms with Crippen molar-refractivity contribution in [1.29, 1.82) is 0 Å². The molecule has 1 amide bonds. The molecule has 7 heteroatoms. The molecule has 0 saturated heterocycles. The fourth-order valence-corrected chi connectivity index (χ4v) is 2.33. The number of rotatable bonds is 6. The van der Waals surface area contributed by atoms with Gasteiger partial charge in [0.05, 0.1) is 6.54 Å². The first kappa shape index (κ1) is 15.7. The van der Waals surface area contributed by atoms with Gasteiger partial charge in [0, 0.05) is 12.6 Å². The number of aromatic amines is 1. The summed E-state index contributed by atoms with van der Waals surface area (Å²) in [6, 6.07) is 14.6. The first-order chi connectivity index (χ1) is 11.7. The third-order valence-corrected chi connectivity index (χ3v) is 3.60. The Morgan fingerprint density at radius 2 is 1.96 bits per heavy atom. The summed E-state index contributed by atoms with van der Waals surface area (Å²) in [6.07, 6.45) is 2.50. The zero-order valence-electron chi connectivity index (χ0n) is 13.0. The Hall–Kier alpha value is -3.22. The maximum absolute atomic E-state index is 12.0. The number of carbonyl (C=O) groups is 1. The molecule has 0 spiro atoms. The van der Waals surface area contributed by atoms with Gasteiger partial charge in [-0.1, -0.05) is 36.4 Å². The highest BCUT2D eigenvalue weighted by Crippen LogP contribution is 2.03. The van der Waals surface area contributed by atoms with E-state index in [0.717, 1.165) is 13.0 Å². The van der Waals surface area contributed by atoms with Crippen molar-refractivity contribution in [2.75, 3.05) is 0 Å². The molecule has 0 aliphatic carbocycles. The molecule has 0 fully saturated rings. The predicted octanol–water partition coefficient (Wildman–Crippen LogP) is 1.14. The van der Waals surface area contributed by atoms with Crippen molar-refractivity contribution in [2.24, 2.45) is 0 Å². The fourth-order valence-electron chi connectivity index (χ4n) is 2.33. The molecule has 122 valence electrons. The second-order valence-corrected chi connectivity index (χ2v) is 5.29. The van der Waals surface area contributed by atoms with E-state index in [4.69, 9.17) is 0 Å². The van der Waals surface area contributed by atoms with Crippen molar-refractivity contribution in [2.45, 2.75) is 19.5 Å². The van der Waals surface area contributed by atoms with Gasteiger partial charge in [0.2, 0.25) is 5.56 Å². The van der Waals surface area contributed by atoms with Gasteiger partial charge in [-0.2, -0.15) is 0 Å². The van der Waals surface area contributed by atoms with E-state index in [1.54, 1.807) is 12.4 Å². The van der Waals surface area contributed by atoms with Crippen molar-refractivity contribution in [3.05, 3.63) is 82.3 Å². The highest BCUT2D eigenvalue weighted by atomic mass is 16.2. The molecule has 0 aliphatic rings. The van der Waals surface area contributed by atoms with Crippen molar-refractivity contribution in [3.63, 3.8) is 0 Å². The van der Waals surface area contributed by atoms with Crippen LogP contribution in [0.4, 0.5) is 0 Å². The molecule has 24 heavy (non-hydrogen) atoms. The molecule has 2 N–H and O–H groups in total. The lowest BCUT2D eigenvalue weighted by Crippen LogP contribution is -2.27. The molecule has 0 saturated carbocycles. The van der Waals surface area contributed by atoms with Crippen LogP contribution in [0.25, 0.3) is 0 Å². The van der Waals surface area contributed by atoms with Crippen LogP contribution in [0, 0.1) is 0 Å². The molecule has 1 aromatic carbocycles. The minimum absolute atomic E-state index is 0.220. The van der Waals surface area contributed by atoms with Gasteiger partial charge < -0.3 is 14.9 Å². The summed E-state index contributed by atoms with van der Waals surface area (Å²) >= 11 is 0. The van der Waals surface area contributed by atoms with Gasteiger partial charge in [-0.25, -0.2) is 0 Å². The standard InChI is InChI=1S/C17H17N5O2/c23-16-8-4-7-14(20-16)17(24)18-11-15-21-19-12-22(15)10-9-13-5-2-1-3-6-13/h1-8,12H,9-11H2,(H,18,24)(H,20,23). The molecule has 0 unspecified atom stereocenters. The Balaban J connectivity index is 1.59. The van der Waals surface area contributed by atoms with Gasteiger partial charge in [-0.3, -0.25) is 9.59 Å². The Morgan fingerprint density at radius 1 is 1.12 bits per heavy atom. The zero-order chi connectivity index (χ0) is 16.8. The third kappa shape index (κ3) is 3.95. The summed E-state index contributed by atoms with van der Waals surface area (Å²) in [6.45, 7) is 0.967. The number of hydrogen-bond acceptors (Lipinski definition) is 4. The van der Waals surface area contributed by atoms with Crippen LogP contribution in [0.5, 0.6) is 0 Å². The van der Waals surface area contributed by atoms with Crippen LogP contribution < -0.4 is 10.9 Å². The lowest BCUT2D eigenvalue weighted by molar-refractivity contribution is 0.0944. The molecule has 0 aliphatic heterocycles. The quantitative estimate of drug-likeness (QED) is 0.711. The number of nitrogens with one attached hydrogen (secondary N) is 2. The summed E-state index contributed by atoms with van der Waals surface area (Å²) in [5.41, 5.74) is 1.13. The summed E-state index contributed by atoms with van der Waals surface area (Å²) < 4.78 is 1.90. The van der Waals surface area contributed by atoms with Gasteiger partial charge in [0.1, 0.15) is 12.0 Å². The van der Waals surface area contributed by atoms with E-state index in [0.29, 0.717) is 5.82 Å². The molecular weight excluding hydrogens is 306 g/mol. The number of benzene rings is 1. The van der Waals surface area contributed by atoms with E-state index in [1.807, 2.05) is 22.8 Å². The maximum atomic E-state index is 12.0. The summed E-state index contributed by atoms with van der Waals surface area (Å²) in [4.78, 5) is 25.8. The Kier molecular flexibility index (Phi) is 4.81. The molecule has 0 bridgehead atoms. The van der Waals surface area contributed by atoms with Crippen LogP contribution in [-0.2, 0) is 19.5 Å². The molecule has 3 rings (SSSR count). The van der Waals surface area contributed by atoms with Crippen LogP contribution in [0.15, 0.2) is 59.7 Å². The third-order valence-electron chi connectivity index (χ3n) is 3.60. The average Bonchev–Trinajstić information content (AvgIpc) is 3.06. The second-order valence-electron chi connectivity index (χ2n) is 5.29. The molecule has 0 radical (unpaired) electrons. The number of nitrogens with zero attached hydrogens (tertiary/aromatic N) is 3. The lowest BCUT2D eigenvalue weighted by atomic mass is 10.1. The van der Waals surface area contributed by atoms with Crippen molar-refractivity contribution >= 4 is 5.91 Å². The monoisotopic (exact) mass is 323 g/mol. The highest BCUT2D eigenvalue weighted by molar-refractivity contribution is 5.92. The van der Waals surface area contributed by atoms with E-state index in [9.17, 15) is 9.59 Å². The zero-order valence-corrected chi connectivity index (χ0v) is 13.0. The largest absolute Gasteiger partial charge is 0.343 e. The first-order valence-electron chi connectivity index (χ1n) is 7.60. The SMILES string of the molecule is O=C(NCc1nncn1CCc1ccccc1)c1cccc(=O)[nH]1. The van der Waals surface area contributed by atoms with Gasteiger partial charge in [-0.15, -0.1) is 10.2 Å². The summed E-state index contributed by atoms with van der Waals surface area (Å²) in [5.74, 6) is 0.308. The summed E-state index contributed by atoms with van der Waals surface area (Å²) in [7, 11) is 0. The molecule has 2 aromatic heterocycles. The van der Waals surface area contributed by atoms with Crippen LogP contribution in [0.2, 0.25) is 0 Å². The molecular formula is C17H17N5O2. The number of carbonyl (C=O) groups excluding carboxylic acids is 1. The summed E-state index contributed by atoms with van der Waals surface area (Å²) in [5, 5.41) is 10.7. The van der Waals surface area contributed by atoms with Crippen molar-refractivity contribution in [3.8, 4) is 0 Å². The molecule has 7 nitrogen and oxygen atoms in total. The first-order valence-corrected chi connectivity index (χ1v) is 7.60. The van der Waals surface area contributed by atoms with E-state index >= 15 is 0 Å². The maximum Gasteiger partial charge on any atom is 0.268 e. The fraction of sp³-hybridized carbons (Fsp3) is 0.176. The predicted molar refractivity (Wildman–Crippen MR) is 88.4 cm³/mol. The Bertz CT molecular complexity index is 870. The highest BCUT2D eigenvalue weighted by Gasteiger charge is 2.09. The van der Waals surface area contributed by atoms with Crippen LogP contribution >= 0.6 is 0 Å².